The summed E-state index contributed by atoms with van der Waals surface area (Å²) in [6.07, 6.45) is 59.6. The summed E-state index contributed by atoms with van der Waals surface area (Å²) in [5, 5.41) is 38.7. The second-order valence-corrected chi connectivity index (χ2v) is 20.5. The van der Waals surface area contributed by atoms with Gasteiger partial charge in [-0.05, 0) is 38.5 Å². The maximum absolute atomic E-state index is 10.2. The molecule has 0 radical (unpaired) electrons. The van der Waals surface area contributed by atoms with Crippen LogP contribution in [0.3, 0.4) is 0 Å². The van der Waals surface area contributed by atoms with Crippen molar-refractivity contribution in [3.05, 3.63) is 0 Å². The van der Waals surface area contributed by atoms with Crippen LogP contribution in [0.5, 0.6) is 0 Å². The summed E-state index contributed by atoms with van der Waals surface area (Å²) < 4.78 is 0. The van der Waals surface area contributed by atoms with Crippen molar-refractivity contribution in [2.45, 2.75) is 329 Å². The second-order valence-electron chi connectivity index (χ2n) is 20.5. The molecule has 0 saturated carbocycles. The number of rotatable bonds is 48. The molecule has 0 aromatic heterocycles. The van der Waals surface area contributed by atoms with Crippen LogP contribution in [-0.2, 0) is 14.4 Å². The van der Waals surface area contributed by atoms with Crippen molar-refractivity contribution in [1.29, 1.82) is 0 Å². The van der Waals surface area contributed by atoms with Crippen molar-refractivity contribution in [2.24, 2.45) is 0 Å². The number of unbranched alkanes of at least 4 members (excludes halogenated alkanes) is 42. The molecule has 0 spiro atoms. The highest BCUT2D eigenvalue weighted by molar-refractivity contribution is 5.64. The van der Waals surface area contributed by atoms with Crippen LogP contribution in [0.2, 0.25) is 0 Å². The number of hydrogen-bond acceptors (Lipinski definition) is 6. The van der Waals surface area contributed by atoms with Gasteiger partial charge in [0.15, 0.2) is 0 Å². The topological polar surface area (TPSA) is 187 Å². The molecule has 11 heteroatoms. The molecule has 0 aromatic carbocycles. The molecule has 0 saturated heterocycles. The summed E-state index contributed by atoms with van der Waals surface area (Å²) in [5.41, 5.74) is 0. The number of aliphatic carboxylic acids is 3. The summed E-state index contributed by atoms with van der Waals surface area (Å²) in [6, 6.07) is 0. The Labute approximate surface area is 464 Å². The van der Waals surface area contributed by atoms with Gasteiger partial charge >= 0.3 is 0 Å². The number of carbonyl (C=O) groups is 3. The molecule has 0 fully saturated rings. The zero-order valence-electron chi connectivity index (χ0n) is 51.6. The molecule has 448 valence electrons. The van der Waals surface area contributed by atoms with Gasteiger partial charge in [0.1, 0.15) is 0 Å². The minimum atomic E-state index is -0.903. The van der Waals surface area contributed by atoms with Gasteiger partial charge in [-0.2, -0.15) is 0 Å². The predicted octanol–water partition coefficient (Wildman–Crippen LogP) is 7.23. The van der Waals surface area contributed by atoms with E-state index in [4.69, 9.17) is 0 Å². The van der Waals surface area contributed by atoms with Crippen molar-refractivity contribution >= 4 is 17.9 Å². The molecular weight excluding hydrogens is 932 g/mol. The number of carboxylic acids is 3. The summed E-state index contributed by atoms with van der Waals surface area (Å²) in [4.78, 5) is 30.7. The van der Waals surface area contributed by atoms with E-state index >= 15 is 0 Å². The minimum Gasteiger partial charge on any atom is -1.00 e. The van der Waals surface area contributed by atoms with E-state index < -0.39 is 17.9 Å². The second kappa shape index (κ2) is 96.2. The molecule has 0 aromatic rings. The molecule has 10 nitrogen and oxygen atoms in total. The van der Waals surface area contributed by atoms with Crippen molar-refractivity contribution in [1.82, 2.24) is 0 Å². The van der Waals surface area contributed by atoms with Gasteiger partial charge in [0.05, 0.1) is 56.4 Å². The fourth-order valence-electron chi connectivity index (χ4n) is 7.92. The third-order valence-electron chi connectivity index (χ3n) is 12.0. The first-order chi connectivity index (χ1) is 35.0. The van der Waals surface area contributed by atoms with Gasteiger partial charge in [-0.3, -0.25) is 0 Å². The highest BCUT2D eigenvalue weighted by Crippen LogP contribution is 2.16. The van der Waals surface area contributed by atoms with Crippen LogP contribution in [0.4, 0.5) is 0 Å². The lowest BCUT2D eigenvalue weighted by Gasteiger charge is -2.04. The van der Waals surface area contributed by atoms with Gasteiger partial charge in [-0.25, -0.2) is 0 Å². The van der Waals surface area contributed by atoms with Crippen molar-refractivity contribution < 1.29 is 63.4 Å². The van der Waals surface area contributed by atoms with Crippen LogP contribution in [0.15, 0.2) is 0 Å². The molecule has 0 rings (SSSR count). The van der Waals surface area contributed by atoms with Gasteiger partial charge in [0.2, 0.25) is 0 Å². The largest absolute Gasteiger partial charge is 1.00 e. The molecule has 0 aliphatic rings. The molecule has 0 aliphatic heterocycles. The van der Waals surface area contributed by atoms with Gasteiger partial charge in [0, 0.05) is 17.9 Å². The predicted molar refractivity (Wildman–Crippen MR) is 309 cm³/mol. The lowest BCUT2D eigenvalue weighted by atomic mass is 10.0. The molecule has 0 atom stereocenters. The van der Waals surface area contributed by atoms with Crippen molar-refractivity contribution in [3.63, 3.8) is 0 Å². The summed E-state index contributed by atoms with van der Waals surface area (Å²) in [6.45, 7) is 6.80. The highest BCUT2D eigenvalue weighted by Gasteiger charge is 1.98. The van der Waals surface area contributed by atoms with E-state index in [2.05, 4.69) is 20.8 Å². The zero-order valence-corrected chi connectivity index (χ0v) is 52.3. The Kier molecular flexibility index (Phi) is 116. The van der Waals surface area contributed by atoms with E-state index in [1.165, 1.54) is 250 Å². The fourth-order valence-corrected chi connectivity index (χ4v) is 7.92. The Hall–Kier alpha value is -1.46. The van der Waals surface area contributed by atoms with Crippen LogP contribution in [0.1, 0.15) is 329 Å². The average molecular weight is 1070 g/mol. The number of halogens is 1. The van der Waals surface area contributed by atoms with Crippen LogP contribution in [-0.4, -0.2) is 74.3 Å². The smallest absolute Gasteiger partial charge is 0.0647 e. The van der Waals surface area contributed by atoms with E-state index in [1.807, 2.05) is 77.6 Å². The highest BCUT2D eigenvalue weighted by atomic mass is 35.5. The monoisotopic (exact) mass is 1070 g/mol. The molecule has 0 heterocycles. The van der Waals surface area contributed by atoms with Crippen molar-refractivity contribution in [3.8, 4) is 0 Å². The normalized spacial score (nSPS) is 9.90. The molecule has 0 bridgehead atoms. The van der Waals surface area contributed by atoms with Crippen LogP contribution in [0, 0.1) is 0 Å². The first-order valence-electron chi connectivity index (χ1n) is 31.5. The quantitative estimate of drug-likeness (QED) is 0.0466. The number of nitrogens with two attached hydrogens (primary N) is 4. The molecule has 73 heavy (non-hydrogen) atoms. The zero-order chi connectivity index (χ0) is 55.5. The third-order valence-corrected chi connectivity index (χ3v) is 12.0. The maximum atomic E-state index is 10.2. The number of hydrogen-bond donors (Lipinski definition) is 4. The minimum absolute atomic E-state index is 0. The molecule has 0 amide bonds. The molecule has 0 aliphatic carbocycles. The molecular formula is C62H137ClN4O6. The first kappa shape index (κ1) is 88.2. The van der Waals surface area contributed by atoms with Crippen molar-refractivity contribution in [2.75, 3.05) is 56.4 Å². The van der Waals surface area contributed by atoms with Crippen LogP contribution in [0.25, 0.3) is 0 Å². The van der Waals surface area contributed by atoms with Gasteiger partial charge in [-0.1, -0.05) is 290 Å². The molecule has 0 unspecified atom stereocenters. The lowest BCUT2D eigenvalue weighted by molar-refractivity contribution is -0.597. The van der Waals surface area contributed by atoms with Gasteiger partial charge in [-0.15, -0.1) is 0 Å². The summed E-state index contributed by atoms with van der Waals surface area (Å²) >= 11 is 0. The van der Waals surface area contributed by atoms with Gasteiger partial charge in [0.25, 0.3) is 0 Å². The number of quaternary nitrogens is 4. The molecule has 8 N–H and O–H groups in total. The van der Waals surface area contributed by atoms with E-state index in [1.54, 1.807) is 0 Å². The fraction of sp³-hybridized carbons (Fsp3) is 0.952. The van der Waals surface area contributed by atoms with Crippen LogP contribution < -0.4 is 49.0 Å². The Balaban J connectivity index is -0.000000129. The lowest BCUT2D eigenvalue weighted by Crippen LogP contribution is -3.00. The van der Waals surface area contributed by atoms with Gasteiger partial charge < -0.3 is 63.4 Å². The maximum Gasteiger partial charge on any atom is 0.0647 e. The standard InChI is InChI=1S/3C18H36O2.4C2H7N.ClH/c3*1-2-3-4-5-6-7-8-9-10-11-12-13-14-15-16-17-18(19)20;4*1-3-2;/h3*2-17H2,1H3,(H,19,20);4*3H,1-2H3;1H. The van der Waals surface area contributed by atoms with Crippen LogP contribution >= 0.6 is 0 Å². The van der Waals surface area contributed by atoms with E-state index in [0.29, 0.717) is 0 Å². The Morgan fingerprint density at radius 2 is 0.301 bits per heavy atom. The van der Waals surface area contributed by atoms with E-state index in [0.717, 1.165) is 38.5 Å². The van der Waals surface area contributed by atoms with E-state index in [9.17, 15) is 29.7 Å². The Bertz CT molecular complexity index is 793. The SMILES string of the molecule is CCCCCCCCCCCCCCCCCC(=O)[O-].CCCCCCCCCCCCCCCCCC(=O)[O-].CCCCCCCCCCCCCCCCCC(=O)[O-].C[NH2+]C.C[NH2+]C.C[NH2+]C.C[NH2+]C.[Cl-]. The summed E-state index contributed by atoms with van der Waals surface area (Å²) in [7, 11) is 16.0. The first-order valence-corrected chi connectivity index (χ1v) is 31.5. The Morgan fingerprint density at radius 1 is 0.219 bits per heavy atom. The number of carboxylic acid groups (broad SMARTS) is 3. The number of carbonyl (C=O) groups excluding carboxylic acids is 3. The third kappa shape index (κ3) is 135. The Morgan fingerprint density at radius 3 is 0.384 bits per heavy atom. The summed E-state index contributed by atoms with van der Waals surface area (Å²) in [5.74, 6) is -2.71. The van der Waals surface area contributed by atoms with E-state index in [-0.39, 0.29) is 31.7 Å². The average Bonchev–Trinajstić information content (AvgIpc) is 3.34.